The van der Waals surface area contributed by atoms with E-state index >= 15 is 0 Å². The maximum atomic E-state index is 12.8. The second kappa shape index (κ2) is 10.2. The average molecular weight is 468 g/mol. The van der Waals surface area contributed by atoms with Gasteiger partial charge in [0.1, 0.15) is 4.88 Å². The van der Waals surface area contributed by atoms with Crippen LogP contribution in [0.5, 0.6) is 0 Å². The van der Waals surface area contributed by atoms with Gasteiger partial charge in [0.25, 0.3) is 0 Å². The monoisotopic (exact) mass is 467 g/mol. The molecule has 1 aliphatic carbocycles. The molecule has 6 heteroatoms. The van der Waals surface area contributed by atoms with E-state index in [1.807, 2.05) is 12.1 Å². The minimum Gasteiger partial charge on any atom is -0.478 e. The first-order valence-electron chi connectivity index (χ1n) is 11.9. The van der Waals surface area contributed by atoms with Crippen LogP contribution in [0, 0.1) is 11.8 Å². The average Bonchev–Trinajstić information content (AvgIpc) is 3.29. The van der Waals surface area contributed by atoms with Crippen LogP contribution in [-0.4, -0.2) is 48.7 Å². The first-order valence-corrected chi connectivity index (χ1v) is 12.7. The van der Waals surface area contributed by atoms with E-state index in [0.29, 0.717) is 10.8 Å². The van der Waals surface area contributed by atoms with Crippen molar-refractivity contribution < 1.29 is 19.4 Å². The molecule has 1 saturated carbocycles. The molecule has 1 fully saturated rings. The molecule has 33 heavy (non-hydrogen) atoms. The Hall–Kier alpha value is -2.44. The summed E-state index contributed by atoms with van der Waals surface area (Å²) in [5, 5.41) is 9.21. The van der Waals surface area contributed by atoms with Gasteiger partial charge in [-0.1, -0.05) is 38.8 Å². The second-order valence-electron chi connectivity index (χ2n) is 9.31. The summed E-state index contributed by atoms with van der Waals surface area (Å²) in [6.45, 7) is 7.58. The van der Waals surface area contributed by atoms with Gasteiger partial charge in [-0.3, -0.25) is 4.90 Å². The lowest BCUT2D eigenvalue weighted by Crippen LogP contribution is -2.34. The number of likely N-dealkylation sites (N-methyl/N-ethyl adjacent to an activating group) is 1. The zero-order valence-electron chi connectivity index (χ0n) is 19.7. The fraction of sp³-hybridized carbons (Fsp3) is 0.481. The third kappa shape index (κ3) is 5.07. The molecule has 4 rings (SSSR count). The Balaban J connectivity index is 1.78. The lowest BCUT2D eigenvalue weighted by Gasteiger charge is -2.37. The summed E-state index contributed by atoms with van der Waals surface area (Å²) in [6.07, 6.45) is 5.91. The third-order valence-corrected chi connectivity index (χ3v) is 8.42. The molecular formula is C27H33NO4S. The predicted octanol–water partition coefficient (Wildman–Crippen LogP) is 6.21. The number of methoxy groups -OCH3 is 1. The van der Waals surface area contributed by atoms with Crippen molar-refractivity contribution in [1.82, 2.24) is 4.90 Å². The lowest BCUT2D eigenvalue weighted by molar-refractivity contribution is 0.0605. The fourth-order valence-corrected chi connectivity index (χ4v) is 6.30. The van der Waals surface area contributed by atoms with Crippen molar-refractivity contribution >= 4 is 28.8 Å². The van der Waals surface area contributed by atoms with Crippen LogP contribution in [0.4, 0.5) is 0 Å². The van der Waals surface area contributed by atoms with Crippen molar-refractivity contribution in [2.75, 3.05) is 26.7 Å². The Morgan fingerprint density at radius 1 is 1.15 bits per heavy atom. The quantitative estimate of drug-likeness (QED) is 0.512. The number of rotatable bonds is 6. The van der Waals surface area contributed by atoms with Crippen LogP contribution in [0.2, 0.25) is 0 Å². The summed E-state index contributed by atoms with van der Waals surface area (Å²) in [4.78, 5) is 28.1. The standard InChI is InChI=1S/C27H33NO4S/c1-4-28-14-13-21(23(16-28)18-7-5-17(2)6-8-18)22-15-24(33-25(22)27(31)32-3)19-9-11-20(12-10-19)26(29)30/h9-12,15,17-18H,4-8,13-14,16H2,1-3H3,(H,29,30). The zero-order chi connectivity index (χ0) is 23.5. The van der Waals surface area contributed by atoms with Crippen molar-refractivity contribution in [3.05, 3.63) is 51.9 Å². The minimum atomic E-state index is -0.942. The van der Waals surface area contributed by atoms with E-state index in [2.05, 4.69) is 24.8 Å². The van der Waals surface area contributed by atoms with Crippen LogP contribution < -0.4 is 0 Å². The van der Waals surface area contributed by atoms with E-state index in [4.69, 9.17) is 4.74 Å². The van der Waals surface area contributed by atoms with Gasteiger partial charge in [0.15, 0.2) is 0 Å². The molecule has 2 aromatic rings. The van der Waals surface area contributed by atoms with Gasteiger partial charge in [0, 0.05) is 23.5 Å². The number of ether oxygens (including phenoxy) is 1. The molecular weight excluding hydrogens is 434 g/mol. The van der Waals surface area contributed by atoms with E-state index < -0.39 is 5.97 Å². The SMILES string of the molecule is CCN1CCC(c2cc(-c3ccc(C(=O)O)cc3)sc2C(=O)OC)=C(C2CCC(C)CC2)C1. The summed E-state index contributed by atoms with van der Waals surface area (Å²) >= 11 is 1.44. The van der Waals surface area contributed by atoms with E-state index in [0.717, 1.165) is 48.0 Å². The Bertz CT molecular complexity index is 1040. The predicted molar refractivity (Wildman–Crippen MR) is 133 cm³/mol. The van der Waals surface area contributed by atoms with E-state index in [9.17, 15) is 14.7 Å². The Kier molecular flexibility index (Phi) is 7.35. The van der Waals surface area contributed by atoms with Crippen molar-refractivity contribution in [2.24, 2.45) is 11.8 Å². The number of hydrogen-bond acceptors (Lipinski definition) is 5. The Morgan fingerprint density at radius 2 is 1.85 bits per heavy atom. The van der Waals surface area contributed by atoms with Gasteiger partial charge in [-0.15, -0.1) is 11.3 Å². The van der Waals surface area contributed by atoms with Gasteiger partial charge in [0.05, 0.1) is 12.7 Å². The highest BCUT2D eigenvalue weighted by Gasteiger charge is 2.31. The zero-order valence-corrected chi connectivity index (χ0v) is 20.5. The van der Waals surface area contributed by atoms with Crippen LogP contribution >= 0.6 is 11.3 Å². The van der Waals surface area contributed by atoms with Gasteiger partial charge in [-0.2, -0.15) is 0 Å². The molecule has 0 saturated heterocycles. The molecule has 0 amide bonds. The van der Waals surface area contributed by atoms with Crippen molar-refractivity contribution in [3.8, 4) is 10.4 Å². The van der Waals surface area contributed by atoms with Gasteiger partial charge in [-0.25, -0.2) is 9.59 Å². The molecule has 1 aromatic heterocycles. The number of hydrogen-bond donors (Lipinski definition) is 1. The number of carboxylic acids is 1. The largest absolute Gasteiger partial charge is 0.478 e. The molecule has 0 radical (unpaired) electrons. The molecule has 0 atom stereocenters. The fourth-order valence-electron chi connectivity index (χ4n) is 5.19. The first-order chi connectivity index (χ1) is 15.9. The van der Waals surface area contributed by atoms with Crippen molar-refractivity contribution in [2.45, 2.75) is 46.0 Å². The van der Waals surface area contributed by atoms with Crippen LogP contribution in [0.15, 0.2) is 35.9 Å². The summed E-state index contributed by atoms with van der Waals surface area (Å²) in [7, 11) is 1.44. The highest BCUT2D eigenvalue weighted by Crippen LogP contribution is 2.43. The number of nitrogens with zero attached hydrogens (tertiary/aromatic N) is 1. The van der Waals surface area contributed by atoms with Gasteiger partial charge >= 0.3 is 11.9 Å². The molecule has 2 aliphatic rings. The van der Waals surface area contributed by atoms with Gasteiger partial charge in [-0.05, 0) is 72.6 Å². The third-order valence-electron chi connectivity index (χ3n) is 7.26. The highest BCUT2D eigenvalue weighted by atomic mass is 32.1. The maximum Gasteiger partial charge on any atom is 0.348 e. The van der Waals surface area contributed by atoms with Crippen molar-refractivity contribution in [1.29, 1.82) is 0 Å². The van der Waals surface area contributed by atoms with Gasteiger partial charge < -0.3 is 9.84 Å². The molecule has 0 spiro atoms. The molecule has 1 N–H and O–H groups in total. The number of carboxylic acid groups (broad SMARTS) is 1. The highest BCUT2D eigenvalue weighted by molar-refractivity contribution is 7.17. The van der Waals surface area contributed by atoms with Crippen LogP contribution in [-0.2, 0) is 4.74 Å². The number of benzene rings is 1. The van der Waals surface area contributed by atoms with Gasteiger partial charge in [0.2, 0.25) is 0 Å². The molecule has 1 aliphatic heterocycles. The van der Waals surface area contributed by atoms with E-state index in [-0.39, 0.29) is 11.5 Å². The van der Waals surface area contributed by atoms with E-state index in [1.54, 1.807) is 12.1 Å². The molecule has 5 nitrogen and oxygen atoms in total. The number of carbonyl (C=O) groups excluding carboxylic acids is 1. The number of esters is 1. The second-order valence-corrected chi connectivity index (χ2v) is 10.4. The first kappa shape index (κ1) is 23.7. The van der Waals surface area contributed by atoms with Crippen LogP contribution in [0.3, 0.4) is 0 Å². The topological polar surface area (TPSA) is 66.8 Å². The van der Waals surface area contributed by atoms with Crippen LogP contribution in [0.1, 0.15) is 71.5 Å². The Morgan fingerprint density at radius 3 is 2.45 bits per heavy atom. The van der Waals surface area contributed by atoms with E-state index in [1.165, 1.54) is 55.3 Å². The molecule has 2 heterocycles. The normalized spacial score (nSPS) is 21.8. The van der Waals surface area contributed by atoms with Crippen molar-refractivity contribution in [3.63, 3.8) is 0 Å². The summed E-state index contributed by atoms with van der Waals surface area (Å²) in [6, 6.07) is 8.98. The Labute approximate surface area is 200 Å². The summed E-state index contributed by atoms with van der Waals surface area (Å²) < 4.78 is 5.17. The number of carbonyl (C=O) groups is 2. The summed E-state index contributed by atoms with van der Waals surface area (Å²) in [5.41, 5.74) is 5.01. The number of aromatic carboxylic acids is 1. The number of thiophene rings is 1. The molecule has 1 aromatic carbocycles. The summed E-state index contributed by atoms with van der Waals surface area (Å²) in [5.74, 6) is 0.131. The molecule has 0 unspecified atom stereocenters. The lowest BCUT2D eigenvalue weighted by atomic mass is 9.75. The molecule has 176 valence electrons. The smallest absolute Gasteiger partial charge is 0.348 e. The minimum absolute atomic E-state index is 0.257. The maximum absolute atomic E-state index is 12.8. The molecule has 0 bridgehead atoms. The van der Waals surface area contributed by atoms with Crippen LogP contribution in [0.25, 0.3) is 16.0 Å².